The number of alkyl halides is 3. The Labute approximate surface area is 153 Å². The number of fused-ring (bicyclic) bond motifs is 1. The zero-order valence-electron chi connectivity index (χ0n) is 14.3. The van der Waals surface area contributed by atoms with Crippen LogP contribution >= 0.6 is 12.2 Å². The van der Waals surface area contributed by atoms with E-state index < -0.39 is 18.1 Å². The summed E-state index contributed by atoms with van der Waals surface area (Å²) in [5, 5.41) is 0.0640. The monoisotopic (exact) mass is 390 g/mol. The Hall–Kier alpha value is -2.36. The van der Waals surface area contributed by atoms with Crippen LogP contribution in [-0.4, -0.2) is 60.8 Å². The third-order valence-corrected chi connectivity index (χ3v) is 4.26. The average molecular weight is 390 g/mol. The molecule has 1 aromatic rings. The fourth-order valence-electron chi connectivity index (χ4n) is 2.48. The molecule has 2 rings (SSSR count). The lowest BCUT2D eigenvalue weighted by Gasteiger charge is -2.30. The molecule has 1 aromatic carbocycles. The predicted octanol–water partition coefficient (Wildman–Crippen LogP) is 2.15. The summed E-state index contributed by atoms with van der Waals surface area (Å²) in [5.41, 5.74) is 1.23. The third kappa shape index (κ3) is 4.24. The van der Waals surface area contributed by atoms with Gasteiger partial charge in [-0.3, -0.25) is 4.79 Å². The minimum absolute atomic E-state index is 0.0640. The van der Waals surface area contributed by atoms with Gasteiger partial charge in [0, 0.05) is 27.2 Å². The summed E-state index contributed by atoms with van der Waals surface area (Å²) in [6.45, 7) is -0.331. The Balaban J connectivity index is 2.39. The molecule has 1 amide bonds. The Morgan fingerprint density at radius 3 is 2.42 bits per heavy atom. The highest BCUT2D eigenvalue weighted by Gasteiger charge is 2.43. The van der Waals surface area contributed by atoms with Gasteiger partial charge in [-0.25, -0.2) is 4.79 Å². The highest BCUT2D eigenvalue weighted by atomic mass is 32.1. The van der Waals surface area contributed by atoms with Gasteiger partial charge in [0.25, 0.3) is 5.17 Å². The molecule has 0 N–H and O–H groups in total. The Morgan fingerprint density at radius 1 is 1.23 bits per heavy atom. The van der Waals surface area contributed by atoms with Crippen LogP contribution in [0.15, 0.2) is 12.1 Å². The molecule has 26 heavy (non-hydrogen) atoms. The number of carbonyl (C=O) groups excluding carboxylic acids is 2. The first-order chi connectivity index (χ1) is 12.0. The van der Waals surface area contributed by atoms with Crippen LogP contribution in [0, 0.1) is 0 Å². The van der Waals surface area contributed by atoms with Crippen molar-refractivity contribution in [2.24, 2.45) is 0 Å². The van der Waals surface area contributed by atoms with Gasteiger partial charge in [-0.1, -0.05) is 0 Å². The molecule has 10 heteroatoms. The van der Waals surface area contributed by atoms with E-state index >= 15 is 0 Å². The molecule has 0 bridgehead atoms. The quantitative estimate of drug-likeness (QED) is 0.570. The minimum Gasteiger partial charge on any atom is -0.465 e. The topological polar surface area (TPSA) is 59.1 Å². The van der Waals surface area contributed by atoms with Gasteiger partial charge < -0.3 is 19.3 Å². The number of halogens is 3. The van der Waals surface area contributed by atoms with Crippen molar-refractivity contribution in [2.45, 2.75) is 19.1 Å². The Morgan fingerprint density at radius 2 is 1.88 bits per heavy atom. The zero-order valence-corrected chi connectivity index (χ0v) is 15.2. The molecule has 1 heterocycles. The number of benzene rings is 1. The van der Waals surface area contributed by atoms with E-state index in [1.165, 1.54) is 24.1 Å². The van der Waals surface area contributed by atoms with Crippen molar-refractivity contribution < 1.29 is 32.2 Å². The maximum absolute atomic E-state index is 12.7. The Kier molecular flexibility index (Phi) is 5.74. The molecule has 0 spiro atoms. The second-order valence-electron chi connectivity index (χ2n) is 5.85. The standard InChI is InChI=1S/C16H17F3N2O4S/c1-20(2)15(26)25-12-7-10-8-21(14(23)16(17,18)19)5-4-9(10)6-11(12)13(22)24-3/h6-7H,4-5,8H2,1-3H3. The van der Waals surface area contributed by atoms with Crippen LogP contribution in [0.4, 0.5) is 13.2 Å². The summed E-state index contributed by atoms with van der Waals surface area (Å²) in [7, 11) is 4.49. The van der Waals surface area contributed by atoms with E-state index in [0.29, 0.717) is 16.0 Å². The molecule has 1 aliphatic rings. The molecule has 0 aliphatic carbocycles. The number of thiocarbonyl (C=S) groups is 1. The number of carbonyl (C=O) groups is 2. The van der Waals surface area contributed by atoms with Gasteiger partial charge in [-0.05, 0) is 41.9 Å². The van der Waals surface area contributed by atoms with E-state index in [1.807, 2.05) is 0 Å². The summed E-state index contributed by atoms with van der Waals surface area (Å²) < 4.78 is 48.2. The van der Waals surface area contributed by atoms with E-state index in [2.05, 4.69) is 0 Å². The second kappa shape index (κ2) is 7.48. The van der Waals surface area contributed by atoms with Crippen molar-refractivity contribution in [3.63, 3.8) is 0 Å². The SMILES string of the molecule is COC(=O)c1cc2c(cc1OC(=S)N(C)C)CN(C(=O)C(F)(F)F)CC2. The normalized spacial score (nSPS) is 13.7. The molecular weight excluding hydrogens is 373 g/mol. The molecule has 0 unspecified atom stereocenters. The van der Waals surface area contributed by atoms with Gasteiger partial charge in [-0.2, -0.15) is 13.2 Å². The zero-order chi connectivity index (χ0) is 19.6. The first kappa shape index (κ1) is 20.0. The molecule has 0 fully saturated rings. The lowest BCUT2D eigenvalue weighted by molar-refractivity contribution is -0.186. The number of methoxy groups -OCH3 is 1. The molecular formula is C16H17F3N2O4S. The van der Waals surface area contributed by atoms with E-state index in [0.717, 1.165) is 0 Å². The second-order valence-corrected chi connectivity index (χ2v) is 6.19. The maximum Gasteiger partial charge on any atom is 0.471 e. The van der Waals surface area contributed by atoms with E-state index in [-0.39, 0.29) is 36.0 Å². The van der Waals surface area contributed by atoms with Crippen molar-refractivity contribution in [3.05, 3.63) is 28.8 Å². The van der Waals surface area contributed by atoms with Gasteiger partial charge in [-0.15, -0.1) is 0 Å². The smallest absolute Gasteiger partial charge is 0.465 e. The van der Waals surface area contributed by atoms with Crippen LogP contribution in [-0.2, 0) is 22.5 Å². The van der Waals surface area contributed by atoms with Gasteiger partial charge in [0.15, 0.2) is 0 Å². The van der Waals surface area contributed by atoms with Crippen LogP contribution in [0.3, 0.4) is 0 Å². The van der Waals surface area contributed by atoms with Crippen molar-refractivity contribution in [2.75, 3.05) is 27.7 Å². The first-order valence-electron chi connectivity index (χ1n) is 7.54. The molecule has 6 nitrogen and oxygen atoms in total. The maximum atomic E-state index is 12.7. The van der Waals surface area contributed by atoms with Crippen molar-refractivity contribution in [1.82, 2.24) is 9.80 Å². The van der Waals surface area contributed by atoms with E-state index in [9.17, 15) is 22.8 Å². The number of rotatable bonds is 2. The van der Waals surface area contributed by atoms with Gasteiger partial charge >= 0.3 is 18.1 Å². The van der Waals surface area contributed by atoms with Gasteiger partial charge in [0.2, 0.25) is 0 Å². The lowest BCUT2D eigenvalue weighted by atomic mass is 9.96. The highest BCUT2D eigenvalue weighted by Crippen LogP contribution is 2.31. The van der Waals surface area contributed by atoms with Crippen molar-refractivity contribution in [1.29, 1.82) is 0 Å². The summed E-state index contributed by atoms with van der Waals surface area (Å²) in [6, 6.07) is 2.93. The lowest BCUT2D eigenvalue weighted by Crippen LogP contribution is -2.43. The van der Waals surface area contributed by atoms with E-state index in [4.69, 9.17) is 21.7 Å². The van der Waals surface area contributed by atoms with Crippen molar-refractivity contribution in [3.8, 4) is 5.75 Å². The van der Waals surface area contributed by atoms with Crippen LogP contribution in [0.5, 0.6) is 5.75 Å². The third-order valence-electron chi connectivity index (χ3n) is 3.81. The number of amides is 1. The van der Waals surface area contributed by atoms with E-state index in [1.54, 1.807) is 14.1 Å². The number of hydrogen-bond donors (Lipinski definition) is 0. The average Bonchev–Trinajstić information content (AvgIpc) is 2.58. The molecule has 0 saturated carbocycles. The van der Waals surface area contributed by atoms with Crippen LogP contribution < -0.4 is 4.74 Å². The molecule has 0 saturated heterocycles. The van der Waals surface area contributed by atoms with Gasteiger partial charge in [0.05, 0.1) is 7.11 Å². The summed E-state index contributed by atoms with van der Waals surface area (Å²) in [5.74, 6) is -2.49. The summed E-state index contributed by atoms with van der Waals surface area (Å²) in [6.07, 6.45) is -4.76. The fraction of sp³-hybridized carbons (Fsp3) is 0.438. The number of esters is 1. The van der Waals surface area contributed by atoms with Crippen LogP contribution in [0.2, 0.25) is 0 Å². The molecule has 1 aliphatic heterocycles. The minimum atomic E-state index is -4.94. The largest absolute Gasteiger partial charge is 0.471 e. The van der Waals surface area contributed by atoms with Crippen LogP contribution in [0.25, 0.3) is 0 Å². The van der Waals surface area contributed by atoms with Crippen LogP contribution in [0.1, 0.15) is 21.5 Å². The summed E-state index contributed by atoms with van der Waals surface area (Å²) in [4.78, 5) is 25.7. The number of ether oxygens (including phenoxy) is 2. The fourth-order valence-corrected chi connectivity index (χ4v) is 2.57. The first-order valence-corrected chi connectivity index (χ1v) is 7.94. The molecule has 0 radical (unpaired) electrons. The molecule has 0 atom stereocenters. The highest BCUT2D eigenvalue weighted by molar-refractivity contribution is 7.80. The predicted molar refractivity (Wildman–Crippen MR) is 89.9 cm³/mol. The molecule has 0 aromatic heterocycles. The molecule has 142 valence electrons. The summed E-state index contributed by atoms with van der Waals surface area (Å²) >= 11 is 5.05. The number of nitrogens with zero attached hydrogens (tertiary/aromatic N) is 2. The van der Waals surface area contributed by atoms with Gasteiger partial charge in [0.1, 0.15) is 11.3 Å². The number of hydrogen-bond acceptors (Lipinski definition) is 5. The van der Waals surface area contributed by atoms with Crippen molar-refractivity contribution >= 4 is 29.3 Å². The Bertz CT molecular complexity index is 750.